The van der Waals surface area contributed by atoms with Crippen LogP contribution in [0.25, 0.3) is 0 Å². The molecule has 1 heterocycles. The minimum absolute atomic E-state index is 0.0231. The first-order valence-corrected chi connectivity index (χ1v) is 12.2. The molecule has 0 saturated heterocycles. The third kappa shape index (κ3) is 8.77. The zero-order chi connectivity index (χ0) is 26.9. The quantitative estimate of drug-likeness (QED) is 0.229. The second-order valence-corrected chi connectivity index (χ2v) is 9.21. The van der Waals surface area contributed by atoms with Crippen molar-refractivity contribution in [2.24, 2.45) is 17.0 Å². The fraction of sp³-hybridized carbons (Fsp3) is 0.440. The number of pyridine rings is 1. The van der Waals surface area contributed by atoms with Crippen LogP contribution in [0, 0.1) is 30.4 Å². The average Bonchev–Trinajstić information content (AvgIpc) is 2.85. The number of aryl methyl sites for hydroxylation is 1. The number of ether oxygens (including phenoxy) is 1. The first kappa shape index (κ1) is 29.6. The third-order valence-electron chi connectivity index (χ3n) is 6.05. The number of carbonyl (C=O) groups excluding carboxylic acids is 1. The van der Waals surface area contributed by atoms with E-state index < -0.39 is 23.4 Å². The largest absolute Gasteiger partial charge is 0.493 e. The van der Waals surface area contributed by atoms with Gasteiger partial charge in [0.2, 0.25) is 11.7 Å². The van der Waals surface area contributed by atoms with Crippen molar-refractivity contribution in [3.63, 3.8) is 0 Å². The SMILES string of the molecule is C=C(CCC1CCC(C(=O)Nc2ccnc(SN)c2)CC1)C(F)(F)F.COc1c(C)ccc(F)c1F. The van der Waals surface area contributed by atoms with E-state index in [1.165, 1.54) is 13.2 Å². The highest BCUT2D eigenvalue weighted by Gasteiger charge is 2.32. The molecule has 2 aromatic rings. The lowest BCUT2D eigenvalue weighted by Gasteiger charge is -2.28. The smallest absolute Gasteiger partial charge is 0.412 e. The van der Waals surface area contributed by atoms with Crippen LogP contribution in [0.3, 0.4) is 0 Å². The van der Waals surface area contributed by atoms with E-state index in [9.17, 15) is 26.7 Å². The van der Waals surface area contributed by atoms with Crippen LogP contribution < -0.4 is 15.2 Å². The highest BCUT2D eigenvalue weighted by Crippen LogP contribution is 2.35. The summed E-state index contributed by atoms with van der Waals surface area (Å²) >= 11 is 1.01. The number of methoxy groups -OCH3 is 1. The molecular formula is C25H30F5N3O2S. The van der Waals surface area contributed by atoms with E-state index in [1.54, 1.807) is 25.3 Å². The van der Waals surface area contributed by atoms with Gasteiger partial charge >= 0.3 is 6.18 Å². The summed E-state index contributed by atoms with van der Waals surface area (Å²) in [5.74, 6) is -1.77. The molecule has 0 bridgehead atoms. The molecule has 1 aromatic carbocycles. The van der Waals surface area contributed by atoms with Crippen molar-refractivity contribution in [2.45, 2.75) is 56.7 Å². The molecule has 1 aliphatic rings. The van der Waals surface area contributed by atoms with E-state index >= 15 is 0 Å². The first-order valence-electron chi connectivity index (χ1n) is 11.3. The lowest BCUT2D eigenvalue weighted by Crippen LogP contribution is -2.27. The van der Waals surface area contributed by atoms with Crippen molar-refractivity contribution < 1.29 is 31.5 Å². The van der Waals surface area contributed by atoms with Crippen LogP contribution in [0.15, 0.2) is 47.6 Å². The zero-order valence-corrected chi connectivity index (χ0v) is 20.9. The standard InChI is InChI=1S/C17H22F3N3OS.C8H8F2O/c1-11(17(18,19)20)2-3-12-4-6-13(7-5-12)16(24)23-14-8-9-22-15(10-14)25-21;1-5-3-4-6(9)7(10)8(5)11-2/h8-10,12-13H,1-7,21H2,(H,22,23,24);3-4H,1-2H3. The zero-order valence-electron chi connectivity index (χ0n) is 20.1. The van der Waals surface area contributed by atoms with E-state index in [2.05, 4.69) is 21.6 Å². The van der Waals surface area contributed by atoms with Crippen LogP contribution in [0.1, 0.15) is 44.1 Å². The summed E-state index contributed by atoms with van der Waals surface area (Å²) in [6.07, 6.45) is 0.650. The number of allylic oxidation sites excluding steroid dienone is 1. The molecule has 5 nitrogen and oxygen atoms in total. The van der Waals surface area contributed by atoms with Gasteiger partial charge in [-0.2, -0.15) is 17.6 Å². The number of aromatic nitrogens is 1. The number of hydrogen-bond acceptors (Lipinski definition) is 5. The molecule has 1 aliphatic carbocycles. The van der Waals surface area contributed by atoms with E-state index in [0.29, 0.717) is 35.5 Å². The van der Waals surface area contributed by atoms with Gasteiger partial charge in [0.05, 0.1) is 7.11 Å². The predicted octanol–water partition coefficient (Wildman–Crippen LogP) is 6.97. The molecule has 0 unspecified atom stereocenters. The monoisotopic (exact) mass is 531 g/mol. The highest BCUT2D eigenvalue weighted by atomic mass is 32.2. The van der Waals surface area contributed by atoms with Gasteiger partial charge in [0.15, 0.2) is 11.6 Å². The summed E-state index contributed by atoms with van der Waals surface area (Å²) in [6.45, 7) is 4.76. The molecule has 1 fully saturated rings. The van der Waals surface area contributed by atoms with Gasteiger partial charge < -0.3 is 10.1 Å². The molecule has 11 heteroatoms. The van der Waals surface area contributed by atoms with Crippen molar-refractivity contribution in [1.29, 1.82) is 0 Å². The number of nitrogens with zero attached hydrogens (tertiary/aromatic N) is 1. The van der Waals surface area contributed by atoms with Gasteiger partial charge in [-0.3, -0.25) is 9.93 Å². The van der Waals surface area contributed by atoms with Gasteiger partial charge in [0, 0.05) is 23.4 Å². The van der Waals surface area contributed by atoms with Gasteiger partial charge in [-0.25, -0.2) is 9.37 Å². The number of alkyl halides is 3. The normalized spacial score (nSPS) is 17.6. The lowest BCUT2D eigenvalue weighted by atomic mass is 9.79. The van der Waals surface area contributed by atoms with Crippen LogP contribution >= 0.6 is 11.9 Å². The Morgan fingerprint density at radius 1 is 1.22 bits per heavy atom. The molecule has 198 valence electrons. The molecule has 3 rings (SSSR count). The number of nitrogens with two attached hydrogens (primary N) is 1. The molecule has 36 heavy (non-hydrogen) atoms. The van der Waals surface area contributed by atoms with Gasteiger partial charge in [0.1, 0.15) is 5.03 Å². The molecule has 0 radical (unpaired) electrons. The molecule has 0 spiro atoms. The number of carbonyl (C=O) groups is 1. The Balaban J connectivity index is 0.000000346. The molecule has 3 N–H and O–H groups in total. The van der Waals surface area contributed by atoms with Crippen LogP contribution in [0.4, 0.5) is 27.6 Å². The van der Waals surface area contributed by atoms with E-state index in [4.69, 9.17) is 5.14 Å². The number of benzene rings is 1. The van der Waals surface area contributed by atoms with Gasteiger partial charge in [-0.15, -0.1) is 0 Å². The Morgan fingerprint density at radius 3 is 2.44 bits per heavy atom. The minimum atomic E-state index is -4.30. The van der Waals surface area contributed by atoms with Crippen molar-refractivity contribution in [3.8, 4) is 5.75 Å². The number of hydrogen-bond donors (Lipinski definition) is 2. The van der Waals surface area contributed by atoms with Crippen LogP contribution in [0.5, 0.6) is 5.75 Å². The number of amides is 1. The van der Waals surface area contributed by atoms with Crippen LogP contribution in [-0.2, 0) is 4.79 Å². The number of nitrogens with one attached hydrogen (secondary N) is 1. The lowest BCUT2D eigenvalue weighted by molar-refractivity contribution is -0.121. The summed E-state index contributed by atoms with van der Waals surface area (Å²) in [4.78, 5) is 16.4. The Labute approximate surface area is 211 Å². The second kappa shape index (κ2) is 13.6. The Kier molecular flexibility index (Phi) is 11.2. The van der Waals surface area contributed by atoms with E-state index in [-0.39, 0.29) is 29.9 Å². The van der Waals surface area contributed by atoms with E-state index in [1.807, 2.05) is 0 Å². The maximum Gasteiger partial charge on any atom is 0.412 e. The topological polar surface area (TPSA) is 77.2 Å². The molecule has 1 saturated carbocycles. The maximum atomic E-state index is 12.8. The summed E-state index contributed by atoms with van der Waals surface area (Å²) in [5.41, 5.74) is 0.571. The highest BCUT2D eigenvalue weighted by molar-refractivity contribution is 7.97. The molecule has 1 amide bonds. The Hall–Kier alpha value is -2.66. The Morgan fingerprint density at radius 2 is 1.89 bits per heavy atom. The predicted molar refractivity (Wildman–Crippen MR) is 130 cm³/mol. The van der Waals surface area contributed by atoms with Crippen LogP contribution in [-0.4, -0.2) is 24.2 Å². The Bertz CT molecular complexity index is 1040. The molecular weight excluding hydrogens is 501 g/mol. The number of rotatable bonds is 7. The van der Waals surface area contributed by atoms with Crippen LogP contribution in [0.2, 0.25) is 0 Å². The fourth-order valence-corrected chi connectivity index (χ4v) is 4.23. The van der Waals surface area contributed by atoms with Crippen molar-refractivity contribution in [3.05, 3.63) is 59.8 Å². The summed E-state index contributed by atoms with van der Waals surface area (Å²) < 4.78 is 67.3. The average molecular weight is 532 g/mol. The van der Waals surface area contributed by atoms with Crippen molar-refractivity contribution in [1.82, 2.24) is 4.98 Å². The summed E-state index contributed by atoms with van der Waals surface area (Å²) in [6, 6.07) is 5.95. The molecule has 0 aliphatic heterocycles. The third-order valence-corrected chi connectivity index (χ3v) is 6.51. The summed E-state index contributed by atoms with van der Waals surface area (Å²) in [7, 11) is 1.31. The fourth-order valence-electron chi connectivity index (χ4n) is 3.91. The van der Waals surface area contributed by atoms with E-state index in [0.717, 1.165) is 30.9 Å². The number of anilines is 1. The van der Waals surface area contributed by atoms with Gasteiger partial charge in [0.25, 0.3) is 0 Å². The first-order chi connectivity index (χ1) is 17.0. The second-order valence-electron chi connectivity index (χ2n) is 8.56. The molecule has 1 aromatic heterocycles. The van der Waals surface area contributed by atoms with Gasteiger partial charge in [-0.05, 0) is 87.1 Å². The van der Waals surface area contributed by atoms with Crippen molar-refractivity contribution >= 4 is 23.5 Å². The van der Waals surface area contributed by atoms with Gasteiger partial charge in [-0.1, -0.05) is 12.6 Å². The maximum absolute atomic E-state index is 12.8. The van der Waals surface area contributed by atoms with Crippen molar-refractivity contribution in [2.75, 3.05) is 12.4 Å². The molecule has 0 atom stereocenters. The number of halogens is 5. The minimum Gasteiger partial charge on any atom is -0.493 e. The summed E-state index contributed by atoms with van der Waals surface area (Å²) in [5, 5.41) is 8.93.